The third kappa shape index (κ3) is 5.26. The highest BCUT2D eigenvalue weighted by Gasteiger charge is 2.11. The molecular weight excluding hydrogens is 385 g/mol. The van der Waals surface area contributed by atoms with Gasteiger partial charge in [0.05, 0.1) is 17.2 Å². The molecule has 3 nitrogen and oxygen atoms in total. The zero-order valence-corrected chi connectivity index (χ0v) is 13.8. The molecule has 0 spiro atoms. The van der Waals surface area contributed by atoms with E-state index < -0.39 is 0 Å². The van der Waals surface area contributed by atoms with Gasteiger partial charge in [0, 0.05) is 23.0 Å². The first-order valence-electron chi connectivity index (χ1n) is 5.41. The van der Waals surface area contributed by atoms with E-state index in [1.807, 2.05) is 0 Å². The van der Waals surface area contributed by atoms with Crippen LogP contribution in [0.5, 0.6) is 0 Å². The molecule has 6 heteroatoms. The monoisotopic (exact) mass is 397 g/mol. The SMILES string of the molecule is COCC(Br)CCNC(=O)c1ccc(Br)cc1Cl. The van der Waals surface area contributed by atoms with E-state index in [4.69, 9.17) is 16.3 Å². The fourth-order valence-electron chi connectivity index (χ4n) is 1.38. The Labute approximate surface area is 128 Å². The molecule has 0 aliphatic heterocycles. The molecule has 100 valence electrons. The van der Waals surface area contributed by atoms with Crippen LogP contribution >= 0.6 is 43.5 Å². The Morgan fingerprint density at radius 3 is 2.89 bits per heavy atom. The van der Waals surface area contributed by atoms with Crippen molar-refractivity contribution in [2.45, 2.75) is 11.2 Å². The lowest BCUT2D eigenvalue weighted by molar-refractivity contribution is 0.0952. The summed E-state index contributed by atoms with van der Waals surface area (Å²) >= 11 is 12.8. The highest BCUT2D eigenvalue weighted by molar-refractivity contribution is 9.10. The van der Waals surface area contributed by atoms with Gasteiger partial charge >= 0.3 is 0 Å². The zero-order chi connectivity index (χ0) is 13.5. The van der Waals surface area contributed by atoms with Crippen molar-refractivity contribution in [2.24, 2.45) is 0 Å². The van der Waals surface area contributed by atoms with Crippen LogP contribution in [0, 0.1) is 0 Å². The Morgan fingerprint density at radius 1 is 1.56 bits per heavy atom. The molecule has 0 aromatic heterocycles. The molecular formula is C12H14Br2ClNO2. The third-order valence-electron chi connectivity index (χ3n) is 2.27. The van der Waals surface area contributed by atoms with Gasteiger partial charge in [0.2, 0.25) is 0 Å². The molecule has 0 fully saturated rings. The molecule has 0 saturated heterocycles. The average Bonchev–Trinajstić information content (AvgIpc) is 2.29. The average molecular weight is 400 g/mol. The van der Waals surface area contributed by atoms with Gasteiger partial charge in [0.15, 0.2) is 0 Å². The number of hydrogen-bond acceptors (Lipinski definition) is 2. The van der Waals surface area contributed by atoms with Gasteiger partial charge in [-0.05, 0) is 24.6 Å². The van der Waals surface area contributed by atoms with Crippen LogP contribution in [0.15, 0.2) is 22.7 Å². The predicted octanol–water partition coefficient (Wildman–Crippen LogP) is 3.63. The fraction of sp³-hybridized carbons (Fsp3) is 0.417. The number of nitrogens with one attached hydrogen (secondary N) is 1. The van der Waals surface area contributed by atoms with Gasteiger partial charge in [-0.1, -0.05) is 43.5 Å². The van der Waals surface area contributed by atoms with Gasteiger partial charge in [-0.3, -0.25) is 4.79 Å². The third-order valence-corrected chi connectivity index (χ3v) is 3.79. The van der Waals surface area contributed by atoms with Crippen LogP contribution < -0.4 is 5.32 Å². The summed E-state index contributed by atoms with van der Waals surface area (Å²) < 4.78 is 5.84. The van der Waals surface area contributed by atoms with Crippen molar-refractivity contribution in [1.82, 2.24) is 5.32 Å². The minimum atomic E-state index is -0.162. The molecule has 0 aliphatic carbocycles. The van der Waals surface area contributed by atoms with Gasteiger partial charge < -0.3 is 10.1 Å². The number of alkyl halides is 1. The minimum Gasteiger partial charge on any atom is -0.384 e. The number of carbonyl (C=O) groups excluding carboxylic acids is 1. The second-order valence-corrected chi connectivity index (χ2v) is 6.34. The summed E-state index contributed by atoms with van der Waals surface area (Å²) in [6.45, 7) is 1.19. The topological polar surface area (TPSA) is 38.3 Å². The Kier molecular flexibility index (Phi) is 7.22. The van der Waals surface area contributed by atoms with Gasteiger partial charge in [0.1, 0.15) is 0 Å². The number of ether oxygens (including phenoxy) is 1. The molecule has 0 radical (unpaired) electrons. The summed E-state index contributed by atoms with van der Waals surface area (Å²) in [5.41, 5.74) is 0.484. The molecule has 0 bridgehead atoms. The zero-order valence-electron chi connectivity index (χ0n) is 9.88. The number of carbonyl (C=O) groups is 1. The van der Waals surface area contributed by atoms with Crippen LogP contribution in [0.3, 0.4) is 0 Å². The maximum atomic E-state index is 11.9. The Hall–Kier alpha value is -0.100. The lowest BCUT2D eigenvalue weighted by Crippen LogP contribution is -2.27. The van der Waals surface area contributed by atoms with E-state index in [-0.39, 0.29) is 10.7 Å². The fourth-order valence-corrected chi connectivity index (χ4v) is 2.63. The lowest BCUT2D eigenvalue weighted by atomic mass is 10.2. The van der Waals surface area contributed by atoms with E-state index in [2.05, 4.69) is 37.2 Å². The molecule has 1 atom stereocenters. The Bertz CT molecular complexity index is 415. The van der Waals surface area contributed by atoms with Crippen LogP contribution in [-0.2, 0) is 4.74 Å². The van der Waals surface area contributed by atoms with Crippen LogP contribution in [0.25, 0.3) is 0 Å². The highest BCUT2D eigenvalue weighted by atomic mass is 79.9. The Balaban J connectivity index is 2.45. The molecule has 0 aliphatic rings. The van der Waals surface area contributed by atoms with Crippen molar-refractivity contribution in [1.29, 1.82) is 0 Å². The molecule has 0 heterocycles. The first kappa shape index (κ1) is 16.0. The van der Waals surface area contributed by atoms with Crippen molar-refractivity contribution in [3.05, 3.63) is 33.3 Å². The van der Waals surface area contributed by atoms with E-state index in [1.54, 1.807) is 25.3 Å². The number of halogens is 3. The number of methoxy groups -OCH3 is 1. The van der Waals surface area contributed by atoms with Gasteiger partial charge in [-0.25, -0.2) is 0 Å². The molecule has 1 unspecified atom stereocenters. The largest absolute Gasteiger partial charge is 0.384 e. The van der Waals surface area contributed by atoms with Crippen molar-refractivity contribution in [3.8, 4) is 0 Å². The van der Waals surface area contributed by atoms with Crippen LogP contribution in [0.2, 0.25) is 5.02 Å². The van der Waals surface area contributed by atoms with Crippen molar-refractivity contribution in [3.63, 3.8) is 0 Å². The van der Waals surface area contributed by atoms with E-state index >= 15 is 0 Å². The number of hydrogen-bond donors (Lipinski definition) is 1. The summed E-state index contributed by atoms with van der Waals surface area (Å²) in [4.78, 5) is 12.1. The molecule has 0 saturated carbocycles. The molecule has 18 heavy (non-hydrogen) atoms. The molecule has 1 rings (SSSR count). The van der Waals surface area contributed by atoms with Crippen LogP contribution in [0.4, 0.5) is 0 Å². The number of rotatable bonds is 6. The Morgan fingerprint density at radius 2 is 2.28 bits per heavy atom. The van der Waals surface area contributed by atoms with Gasteiger partial charge in [-0.15, -0.1) is 0 Å². The van der Waals surface area contributed by atoms with Gasteiger partial charge in [-0.2, -0.15) is 0 Å². The quantitative estimate of drug-likeness (QED) is 0.742. The maximum absolute atomic E-state index is 11.9. The maximum Gasteiger partial charge on any atom is 0.252 e. The minimum absolute atomic E-state index is 0.162. The highest BCUT2D eigenvalue weighted by Crippen LogP contribution is 2.21. The molecule has 1 aromatic rings. The summed E-state index contributed by atoms with van der Waals surface area (Å²) in [5, 5.41) is 3.26. The lowest BCUT2D eigenvalue weighted by Gasteiger charge is -2.10. The summed E-state index contributed by atoms with van der Waals surface area (Å²) in [5.74, 6) is -0.162. The van der Waals surface area contributed by atoms with E-state index in [0.717, 1.165) is 10.9 Å². The molecule has 1 aromatic carbocycles. The van der Waals surface area contributed by atoms with Crippen molar-refractivity contribution in [2.75, 3.05) is 20.3 Å². The smallest absolute Gasteiger partial charge is 0.252 e. The summed E-state index contributed by atoms with van der Waals surface area (Å²) in [7, 11) is 1.65. The van der Waals surface area contributed by atoms with E-state index in [0.29, 0.717) is 23.7 Å². The van der Waals surface area contributed by atoms with E-state index in [1.165, 1.54) is 0 Å². The van der Waals surface area contributed by atoms with Crippen molar-refractivity contribution < 1.29 is 9.53 Å². The summed E-state index contributed by atoms with van der Waals surface area (Å²) in [6, 6.07) is 5.19. The standard InChI is InChI=1S/C12H14Br2ClNO2/c1-18-7-9(14)4-5-16-12(17)10-3-2-8(13)6-11(10)15/h2-3,6,9H,4-5,7H2,1H3,(H,16,17). The second-order valence-electron chi connectivity index (χ2n) is 3.72. The molecule has 1 N–H and O–H groups in total. The predicted molar refractivity (Wildman–Crippen MR) is 80.7 cm³/mol. The number of amides is 1. The normalized spacial score (nSPS) is 12.2. The van der Waals surface area contributed by atoms with Crippen LogP contribution in [-0.4, -0.2) is 31.0 Å². The van der Waals surface area contributed by atoms with E-state index in [9.17, 15) is 4.79 Å². The second kappa shape index (κ2) is 8.15. The first-order valence-corrected chi connectivity index (χ1v) is 7.49. The van der Waals surface area contributed by atoms with Crippen molar-refractivity contribution >= 4 is 49.4 Å². The van der Waals surface area contributed by atoms with Gasteiger partial charge in [0.25, 0.3) is 5.91 Å². The molecule has 1 amide bonds. The summed E-state index contributed by atoms with van der Waals surface area (Å²) in [6.07, 6.45) is 0.799. The van der Waals surface area contributed by atoms with Crippen LogP contribution in [0.1, 0.15) is 16.8 Å². The first-order chi connectivity index (χ1) is 8.54. The number of benzene rings is 1.